The molecule has 1 heterocycles. The maximum absolute atomic E-state index is 9.62. The number of unbranched alkanes of at least 4 members (excludes halogenated alkanes) is 6. The zero-order chi connectivity index (χ0) is 14.6. The van der Waals surface area contributed by atoms with Crippen LogP contribution in [0.2, 0.25) is 0 Å². The Kier molecular flexibility index (Phi) is 9.60. The van der Waals surface area contributed by atoms with E-state index in [0.29, 0.717) is 0 Å². The van der Waals surface area contributed by atoms with Gasteiger partial charge in [0.1, 0.15) is 12.4 Å². The van der Waals surface area contributed by atoms with E-state index in [1.54, 1.807) is 0 Å². The minimum absolute atomic E-state index is 0.192. The summed E-state index contributed by atoms with van der Waals surface area (Å²) < 4.78 is 0. The molecule has 3 heteroatoms. The zero-order valence-electron chi connectivity index (χ0n) is 13.3. The van der Waals surface area contributed by atoms with Crippen molar-refractivity contribution in [3.8, 4) is 0 Å². The van der Waals surface area contributed by atoms with Crippen LogP contribution < -0.4 is 0 Å². The van der Waals surface area contributed by atoms with E-state index < -0.39 is 0 Å². The summed E-state index contributed by atoms with van der Waals surface area (Å²) in [5.41, 5.74) is 0. The molecule has 0 amide bonds. The molecular weight excluding hydrogens is 248 g/mol. The molecule has 1 aliphatic heterocycles. The topological polar surface area (TPSA) is 35.8 Å². The average molecular weight is 280 g/mol. The highest BCUT2D eigenvalue weighted by atomic mass is 16.3. The van der Waals surface area contributed by atoms with E-state index in [4.69, 9.17) is 0 Å². The number of nitrogens with zero attached hydrogens (tertiary/aromatic N) is 2. The normalized spacial score (nSPS) is 21.1. The lowest BCUT2D eigenvalue weighted by Gasteiger charge is -2.25. The molecule has 1 N–H and O–H groups in total. The highest BCUT2D eigenvalue weighted by Crippen LogP contribution is 2.16. The van der Waals surface area contributed by atoms with Crippen LogP contribution in [0.3, 0.4) is 0 Å². The summed E-state index contributed by atoms with van der Waals surface area (Å²) in [4.78, 5) is 6.47. The summed E-state index contributed by atoms with van der Waals surface area (Å²) in [5.74, 6) is 0. The summed E-state index contributed by atoms with van der Waals surface area (Å²) in [6.45, 7) is 4.86. The third kappa shape index (κ3) is 7.20. The van der Waals surface area contributed by atoms with Crippen molar-refractivity contribution < 1.29 is 5.11 Å². The number of hydrogen-bond donors (Lipinski definition) is 1. The highest BCUT2D eigenvalue weighted by Gasteiger charge is 2.23. The van der Waals surface area contributed by atoms with Crippen LogP contribution in [0.1, 0.15) is 71.6 Å². The van der Waals surface area contributed by atoms with Gasteiger partial charge < -0.3 is 5.11 Å². The van der Waals surface area contributed by atoms with Crippen LogP contribution in [0.25, 0.3) is 0 Å². The molecule has 0 saturated heterocycles. The first-order chi connectivity index (χ1) is 9.75. The maximum atomic E-state index is 9.62. The van der Waals surface area contributed by atoms with Gasteiger partial charge in [0.2, 0.25) is 0 Å². The molecule has 2 unspecified atom stereocenters. The average Bonchev–Trinajstić information content (AvgIpc) is 2.89. The smallest absolute Gasteiger partial charge is 0.106 e. The Morgan fingerprint density at radius 1 is 1.20 bits per heavy atom. The number of aliphatic hydroxyl groups excluding tert-OH is 1. The molecule has 0 radical (unpaired) electrons. The molecular formula is C17H32N2O. The molecule has 1 aliphatic rings. The third-order valence-electron chi connectivity index (χ3n) is 3.91. The van der Waals surface area contributed by atoms with Crippen LogP contribution >= 0.6 is 0 Å². The molecule has 0 spiro atoms. The van der Waals surface area contributed by atoms with Crippen LogP contribution in [0.15, 0.2) is 17.1 Å². The number of allylic oxidation sites excluding steroid dienone is 2. The van der Waals surface area contributed by atoms with Crippen LogP contribution in [0, 0.1) is 0 Å². The largest absolute Gasteiger partial charge is 0.379 e. The van der Waals surface area contributed by atoms with Crippen LogP contribution in [-0.4, -0.2) is 35.2 Å². The predicted molar refractivity (Wildman–Crippen MR) is 87.0 cm³/mol. The van der Waals surface area contributed by atoms with Crippen molar-refractivity contribution in [2.75, 3.05) is 6.54 Å². The van der Waals surface area contributed by atoms with Gasteiger partial charge in [-0.15, -0.1) is 0 Å². The van der Waals surface area contributed by atoms with E-state index in [1.807, 2.05) is 18.0 Å². The van der Waals surface area contributed by atoms with E-state index >= 15 is 0 Å². The summed E-state index contributed by atoms with van der Waals surface area (Å²) in [6.07, 6.45) is 17.7. The Balaban J connectivity index is 1.97. The molecule has 1 rings (SSSR count). The van der Waals surface area contributed by atoms with Crippen molar-refractivity contribution in [1.29, 1.82) is 0 Å². The van der Waals surface area contributed by atoms with Crippen LogP contribution in [0.5, 0.6) is 0 Å². The highest BCUT2D eigenvalue weighted by molar-refractivity contribution is 5.62. The minimum Gasteiger partial charge on any atom is -0.379 e. The van der Waals surface area contributed by atoms with Crippen LogP contribution in [0.4, 0.5) is 0 Å². The Morgan fingerprint density at radius 2 is 1.90 bits per heavy atom. The fourth-order valence-corrected chi connectivity index (χ4v) is 2.63. The van der Waals surface area contributed by atoms with Gasteiger partial charge in [-0.2, -0.15) is 0 Å². The SMILES string of the molecule is CCCCCCC/C=C/CCCC1N=CCN1C(C)O. The van der Waals surface area contributed by atoms with Crippen molar-refractivity contribution in [1.82, 2.24) is 4.90 Å². The van der Waals surface area contributed by atoms with Gasteiger partial charge in [-0.05, 0) is 39.0 Å². The van der Waals surface area contributed by atoms with E-state index in [9.17, 15) is 5.11 Å². The summed E-state index contributed by atoms with van der Waals surface area (Å²) in [7, 11) is 0. The third-order valence-corrected chi connectivity index (χ3v) is 3.91. The van der Waals surface area contributed by atoms with Gasteiger partial charge in [-0.3, -0.25) is 9.89 Å². The van der Waals surface area contributed by atoms with Gasteiger partial charge in [0, 0.05) is 12.8 Å². The quantitative estimate of drug-likeness (QED) is 0.456. The van der Waals surface area contributed by atoms with Gasteiger partial charge in [0.25, 0.3) is 0 Å². The van der Waals surface area contributed by atoms with E-state index in [-0.39, 0.29) is 12.4 Å². The fraction of sp³-hybridized carbons (Fsp3) is 0.824. The summed E-state index contributed by atoms with van der Waals surface area (Å²) in [5, 5.41) is 9.62. The van der Waals surface area contributed by atoms with Crippen molar-refractivity contribution in [2.24, 2.45) is 4.99 Å². The molecule has 116 valence electrons. The Bertz CT molecular complexity index is 287. The van der Waals surface area contributed by atoms with Crippen molar-refractivity contribution >= 4 is 6.21 Å². The molecule has 20 heavy (non-hydrogen) atoms. The molecule has 3 nitrogen and oxygen atoms in total. The fourth-order valence-electron chi connectivity index (χ4n) is 2.63. The Labute approximate surface area is 124 Å². The molecule has 0 aromatic carbocycles. The second kappa shape index (κ2) is 11.0. The van der Waals surface area contributed by atoms with Gasteiger partial charge >= 0.3 is 0 Å². The molecule has 0 fully saturated rings. The number of hydrogen-bond acceptors (Lipinski definition) is 3. The van der Waals surface area contributed by atoms with Gasteiger partial charge in [0.15, 0.2) is 0 Å². The second-order valence-corrected chi connectivity index (χ2v) is 5.75. The summed E-state index contributed by atoms with van der Waals surface area (Å²) >= 11 is 0. The Hall–Kier alpha value is -0.670. The van der Waals surface area contributed by atoms with Gasteiger partial charge in [-0.25, -0.2) is 0 Å². The first-order valence-corrected chi connectivity index (χ1v) is 8.36. The number of rotatable bonds is 11. The number of aliphatic hydroxyl groups is 1. The first kappa shape index (κ1) is 17.4. The first-order valence-electron chi connectivity index (χ1n) is 8.36. The molecule has 0 aliphatic carbocycles. The molecule has 0 aromatic heterocycles. The maximum Gasteiger partial charge on any atom is 0.106 e. The molecule has 0 aromatic rings. The van der Waals surface area contributed by atoms with E-state index in [0.717, 1.165) is 25.8 Å². The lowest BCUT2D eigenvalue weighted by Crippen LogP contribution is -2.37. The molecule has 2 atom stereocenters. The number of aliphatic imine (C=N–C) groups is 1. The van der Waals surface area contributed by atoms with Crippen molar-refractivity contribution in [3.63, 3.8) is 0 Å². The predicted octanol–water partition coefficient (Wildman–Crippen LogP) is 4.12. The molecule has 0 saturated carbocycles. The van der Waals surface area contributed by atoms with Gasteiger partial charge in [0.05, 0.1) is 0 Å². The zero-order valence-corrected chi connectivity index (χ0v) is 13.3. The standard InChI is InChI=1S/C17H32N2O/c1-3-4-5-6-7-8-9-10-11-12-13-17-18-14-15-19(17)16(2)20/h9-10,14,16-17,20H,3-8,11-13,15H2,1-2H3/b10-9+. The second-order valence-electron chi connectivity index (χ2n) is 5.75. The molecule has 0 bridgehead atoms. The van der Waals surface area contributed by atoms with Crippen LogP contribution in [-0.2, 0) is 0 Å². The monoisotopic (exact) mass is 280 g/mol. The van der Waals surface area contributed by atoms with Crippen molar-refractivity contribution in [2.45, 2.75) is 84.0 Å². The lowest BCUT2D eigenvalue weighted by molar-refractivity contribution is 0.00732. The minimum atomic E-state index is -0.388. The van der Waals surface area contributed by atoms with E-state index in [2.05, 4.69) is 24.1 Å². The van der Waals surface area contributed by atoms with Gasteiger partial charge in [-0.1, -0.05) is 44.8 Å². The summed E-state index contributed by atoms with van der Waals surface area (Å²) in [6, 6.07) is 0. The van der Waals surface area contributed by atoms with E-state index in [1.165, 1.54) is 38.5 Å². The van der Waals surface area contributed by atoms with Crippen molar-refractivity contribution in [3.05, 3.63) is 12.2 Å². The lowest BCUT2D eigenvalue weighted by atomic mass is 10.1. The Morgan fingerprint density at radius 3 is 2.60 bits per heavy atom.